The van der Waals surface area contributed by atoms with E-state index >= 15 is 0 Å². The van der Waals surface area contributed by atoms with Crippen LogP contribution in [0.15, 0.2) is 65.7 Å². The summed E-state index contributed by atoms with van der Waals surface area (Å²) < 4.78 is 14.1. The molecule has 2 saturated heterocycles. The quantitative estimate of drug-likeness (QED) is 0.265. The number of halogens is 1. The number of carbonyl (C=O) groups is 1. The Hall–Kier alpha value is -3.36. The van der Waals surface area contributed by atoms with Crippen molar-refractivity contribution in [1.29, 1.82) is 0 Å². The molecule has 4 aromatic rings. The van der Waals surface area contributed by atoms with E-state index in [-0.39, 0.29) is 29.8 Å². The Balaban J connectivity index is 1.16. The molecule has 2 aliphatic heterocycles. The lowest BCUT2D eigenvalue weighted by molar-refractivity contribution is -0.00707. The number of rotatable bonds is 4. The fourth-order valence-electron chi connectivity index (χ4n) is 5.57. The van der Waals surface area contributed by atoms with Gasteiger partial charge in [0.15, 0.2) is 0 Å². The molecule has 2 aromatic heterocycles. The van der Waals surface area contributed by atoms with Crippen LogP contribution in [0.2, 0.25) is 5.02 Å². The molecule has 202 valence electrons. The zero-order valence-corrected chi connectivity index (χ0v) is 23.7. The molecule has 0 N–H and O–H groups in total. The highest BCUT2D eigenvalue weighted by molar-refractivity contribution is 7.22. The Bertz CT molecular complexity index is 1560. The first kappa shape index (κ1) is 25.9. The van der Waals surface area contributed by atoms with Crippen molar-refractivity contribution in [2.75, 3.05) is 0 Å². The van der Waals surface area contributed by atoms with Gasteiger partial charge in [0, 0.05) is 34.8 Å². The summed E-state index contributed by atoms with van der Waals surface area (Å²) in [6, 6.07) is 17.3. The van der Waals surface area contributed by atoms with E-state index < -0.39 is 5.60 Å². The third-order valence-corrected chi connectivity index (χ3v) is 8.69. The van der Waals surface area contributed by atoms with E-state index in [1.54, 1.807) is 10.9 Å². The van der Waals surface area contributed by atoms with Crippen molar-refractivity contribution in [2.24, 2.45) is 0 Å². The molecule has 4 heterocycles. The molecule has 2 fully saturated rings. The number of piperidine rings is 1. The SMILES string of the molecule is CC(C)(C)OC(=O)N1[C@@H]2CC[C@H]1C[C@H](Oc1ccc(-n3cnc4cc(-c5ccc(Cl)cc5)sc4c3=O)cc1)C2. The van der Waals surface area contributed by atoms with Crippen molar-refractivity contribution in [3.8, 4) is 21.9 Å². The standard InChI is InChI=1S/C30H30ClN3O4S/c1-30(2,3)38-29(36)34-21-8-9-22(34)15-24(14-21)37-23-12-10-20(11-13-23)33-17-32-25-16-26(39-27(25)28(33)35)18-4-6-19(31)7-5-18/h4-7,10-13,16-17,21-22,24H,8-9,14-15H2,1-3H3/t21-,22+,24-. The highest BCUT2D eigenvalue weighted by Crippen LogP contribution is 2.38. The first-order chi connectivity index (χ1) is 18.6. The normalized spacial score (nSPS) is 20.8. The largest absolute Gasteiger partial charge is 0.490 e. The molecular weight excluding hydrogens is 534 g/mol. The predicted molar refractivity (Wildman–Crippen MR) is 154 cm³/mol. The van der Waals surface area contributed by atoms with Crippen LogP contribution in [0, 0.1) is 0 Å². The van der Waals surface area contributed by atoms with Gasteiger partial charge in [-0.15, -0.1) is 11.3 Å². The smallest absolute Gasteiger partial charge is 0.410 e. The molecule has 39 heavy (non-hydrogen) atoms. The molecule has 0 spiro atoms. The summed E-state index contributed by atoms with van der Waals surface area (Å²) in [5.74, 6) is 0.747. The number of aromatic nitrogens is 2. The number of fused-ring (bicyclic) bond motifs is 3. The third kappa shape index (κ3) is 5.28. The molecule has 0 unspecified atom stereocenters. The maximum absolute atomic E-state index is 13.3. The van der Waals surface area contributed by atoms with Gasteiger partial charge in [-0.3, -0.25) is 9.36 Å². The summed E-state index contributed by atoms with van der Waals surface area (Å²) in [7, 11) is 0. The second kappa shape index (κ2) is 9.99. The lowest BCUT2D eigenvalue weighted by atomic mass is 10.00. The van der Waals surface area contributed by atoms with Gasteiger partial charge in [-0.2, -0.15) is 0 Å². The lowest BCUT2D eigenvalue weighted by Gasteiger charge is -2.39. The molecule has 2 aliphatic rings. The van der Waals surface area contributed by atoms with E-state index in [9.17, 15) is 9.59 Å². The van der Waals surface area contributed by atoms with Gasteiger partial charge in [0.1, 0.15) is 28.5 Å². The Morgan fingerprint density at radius 2 is 1.69 bits per heavy atom. The topological polar surface area (TPSA) is 73.7 Å². The molecule has 0 saturated carbocycles. The molecule has 1 amide bonds. The Morgan fingerprint density at radius 1 is 1.03 bits per heavy atom. The minimum Gasteiger partial charge on any atom is -0.490 e. The van der Waals surface area contributed by atoms with E-state index in [0.717, 1.165) is 47.6 Å². The molecule has 3 atom stereocenters. The van der Waals surface area contributed by atoms with Crippen molar-refractivity contribution in [3.63, 3.8) is 0 Å². The maximum atomic E-state index is 13.3. The zero-order chi connectivity index (χ0) is 27.3. The number of carbonyl (C=O) groups excluding carboxylic acids is 1. The summed E-state index contributed by atoms with van der Waals surface area (Å²) in [6.45, 7) is 5.69. The monoisotopic (exact) mass is 563 g/mol. The van der Waals surface area contributed by atoms with E-state index in [1.165, 1.54) is 11.3 Å². The maximum Gasteiger partial charge on any atom is 0.410 e. The minimum absolute atomic E-state index is 0.0326. The van der Waals surface area contributed by atoms with Crippen molar-refractivity contribution < 1.29 is 14.3 Å². The molecule has 2 aromatic carbocycles. The van der Waals surface area contributed by atoms with Gasteiger partial charge in [-0.05, 0) is 81.6 Å². The van der Waals surface area contributed by atoms with E-state index in [2.05, 4.69) is 4.98 Å². The van der Waals surface area contributed by atoms with Gasteiger partial charge in [-0.25, -0.2) is 9.78 Å². The van der Waals surface area contributed by atoms with Crippen molar-refractivity contribution in [1.82, 2.24) is 14.5 Å². The molecular formula is C30H30ClN3O4S. The number of amides is 1. The molecule has 9 heteroatoms. The predicted octanol–water partition coefficient (Wildman–Crippen LogP) is 7.08. The van der Waals surface area contributed by atoms with Gasteiger partial charge in [0.05, 0.1) is 11.2 Å². The second-order valence-corrected chi connectivity index (χ2v) is 12.7. The average molecular weight is 564 g/mol. The summed E-state index contributed by atoms with van der Waals surface area (Å²) in [5, 5.41) is 0.673. The molecule has 2 bridgehead atoms. The second-order valence-electron chi connectivity index (χ2n) is 11.2. The third-order valence-electron chi connectivity index (χ3n) is 7.28. The molecule has 0 aliphatic carbocycles. The fraction of sp³-hybridized carbons (Fsp3) is 0.367. The van der Waals surface area contributed by atoms with Crippen LogP contribution in [0.1, 0.15) is 46.5 Å². The van der Waals surface area contributed by atoms with E-state index in [1.807, 2.05) is 80.3 Å². The molecule has 6 rings (SSSR count). The highest BCUT2D eigenvalue weighted by atomic mass is 35.5. The number of hydrogen-bond acceptors (Lipinski definition) is 6. The van der Waals surface area contributed by atoms with E-state index in [4.69, 9.17) is 21.1 Å². The van der Waals surface area contributed by atoms with Gasteiger partial charge < -0.3 is 14.4 Å². The summed E-state index contributed by atoms with van der Waals surface area (Å²) >= 11 is 7.45. The van der Waals surface area contributed by atoms with Crippen LogP contribution in [0.3, 0.4) is 0 Å². The van der Waals surface area contributed by atoms with Crippen LogP contribution in [0.4, 0.5) is 4.79 Å². The van der Waals surface area contributed by atoms with Gasteiger partial charge in [0.2, 0.25) is 0 Å². The first-order valence-electron chi connectivity index (χ1n) is 13.2. The summed E-state index contributed by atoms with van der Waals surface area (Å²) in [4.78, 5) is 33.5. The van der Waals surface area contributed by atoms with Crippen LogP contribution in [-0.4, -0.2) is 44.3 Å². The van der Waals surface area contributed by atoms with E-state index in [0.29, 0.717) is 15.2 Å². The average Bonchev–Trinajstić information content (AvgIpc) is 3.44. The molecule has 7 nitrogen and oxygen atoms in total. The Kier molecular flexibility index (Phi) is 6.63. The minimum atomic E-state index is -0.504. The summed E-state index contributed by atoms with van der Waals surface area (Å²) in [5.41, 5.74) is 1.79. The Labute approximate surface area is 235 Å². The first-order valence-corrected chi connectivity index (χ1v) is 14.4. The fourth-order valence-corrected chi connectivity index (χ4v) is 6.74. The highest BCUT2D eigenvalue weighted by Gasteiger charge is 2.45. The van der Waals surface area contributed by atoms with Crippen molar-refractivity contribution in [2.45, 2.75) is 70.2 Å². The van der Waals surface area contributed by atoms with Gasteiger partial charge >= 0.3 is 6.09 Å². The van der Waals surface area contributed by atoms with Crippen LogP contribution in [0.5, 0.6) is 5.75 Å². The lowest BCUT2D eigenvalue weighted by Crippen LogP contribution is -2.50. The van der Waals surface area contributed by atoms with Crippen molar-refractivity contribution in [3.05, 3.63) is 76.3 Å². The number of hydrogen-bond donors (Lipinski definition) is 0. The van der Waals surface area contributed by atoms with Crippen LogP contribution in [0.25, 0.3) is 26.3 Å². The van der Waals surface area contributed by atoms with Crippen molar-refractivity contribution >= 4 is 39.2 Å². The number of benzene rings is 2. The van der Waals surface area contributed by atoms with Crippen LogP contribution < -0.4 is 10.3 Å². The van der Waals surface area contributed by atoms with Gasteiger partial charge in [0.25, 0.3) is 5.56 Å². The number of ether oxygens (including phenoxy) is 2. The van der Waals surface area contributed by atoms with Crippen LogP contribution in [-0.2, 0) is 4.74 Å². The number of thiophene rings is 1. The molecule has 0 radical (unpaired) electrons. The number of nitrogens with zero attached hydrogens (tertiary/aromatic N) is 3. The van der Waals surface area contributed by atoms with Gasteiger partial charge in [-0.1, -0.05) is 23.7 Å². The Morgan fingerprint density at radius 3 is 2.33 bits per heavy atom. The zero-order valence-electron chi connectivity index (χ0n) is 22.1. The summed E-state index contributed by atoms with van der Waals surface area (Å²) in [6.07, 6.45) is 4.90. The van der Waals surface area contributed by atoms with Crippen LogP contribution >= 0.6 is 22.9 Å².